The van der Waals surface area contributed by atoms with E-state index in [2.05, 4.69) is 9.97 Å². The number of aryl methyl sites for hydroxylation is 2. The Morgan fingerprint density at radius 2 is 1.86 bits per heavy atom. The molecule has 1 heterocycles. The number of halogens is 2. The molecule has 0 bridgehead atoms. The van der Waals surface area contributed by atoms with Crippen molar-refractivity contribution in [1.29, 1.82) is 0 Å². The summed E-state index contributed by atoms with van der Waals surface area (Å²) in [6.07, 6.45) is 0.282. The monoisotopic (exact) mass is 307 g/mol. The molecular formula is C16H19ClFN3. The fraction of sp³-hybridized carbons (Fsp3) is 0.375. The third-order valence-corrected chi connectivity index (χ3v) is 3.97. The Bertz CT molecular complexity index is 615. The van der Waals surface area contributed by atoms with Crippen molar-refractivity contribution in [2.75, 3.05) is 6.54 Å². The van der Waals surface area contributed by atoms with Gasteiger partial charge in [-0.3, -0.25) is 0 Å². The minimum Gasteiger partial charge on any atom is -0.330 e. The third kappa shape index (κ3) is 3.39. The molecule has 0 aliphatic heterocycles. The summed E-state index contributed by atoms with van der Waals surface area (Å²) >= 11 is 6.05. The molecule has 2 rings (SSSR count). The highest BCUT2D eigenvalue weighted by molar-refractivity contribution is 6.31. The van der Waals surface area contributed by atoms with Crippen LogP contribution in [-0.4, -0.2) is 16.5 Å². The van der Waals surface area contributed by atoms with Crippen molar-refractivity contribution in [1.82, 2.24) is 9.97 Å². The van der Waals surface area contributed by atoms with Crippen LogP contribution in [0.25, 0.3) is 0 Å². The van der Waals surface area contributed by atoms with E-state index in [0.29, 0.717) is 23.0 Å². The maximum atomic E-state index is 13.8. The molecule has 0 fully saturated rings. The molecule has 0 radical (unpaired) electrons. The molecule has 112 valence electrons. The van der Waals surface area contributed by atoms with Crippen LogP contribution in [-0.2, 0) is 6.42 Å². The average Bonchev–Trinajstić information content (AvgIpc) is 2.42. The summed E-state index contributed by atoms with van der Waals surface area (Å²) in [4.78, 5) is 8.98. The summed E-state index contributed by atoms with van der Waals surface area (Å²) < 4.78 is 13.8. The molecular weight excluding hydrogens is 289 g/mol. The molecule has 5 heteroatoms. The van der Waals surface area contributed by atoms with E-state index in [0.717, 1.165) is 17.0 Å². The zero-order valence-corrected chi connectivity index (χ0v) is 13.2. The Kier molecular flexibility index (Phi) is 4.91. The van der Waals surface area contributed by atoms with Gasteiger partial charge in [-0.1, -0.05) is 24.6 Å². The fourth-order valence-electron chi connectivity index (χ4n) is 2.56. The molecule has 1 aromatic heterocycles. The Labute approximate surface area is 129 Å². The molecule has 2 N–H and O–H groups in total. The van der Waals surface area contributed by atoms with Gasteiger partial charge < -0.3 is 5.73 Å². The number of aromatic nitrogens is 2. The molecule has 3 nitrogen and oxygen atoms in total. The second kappa shape index (κ2) is 6.50. The predicted octanol–water partition coefficient (Wildman–Crippen LogP) is 3.54. The first kappa shape index (κ1) is 15.9. The largest absolute Gasteiger partial charge is 0.330 e. The van der Waals surface area contributed by atoms with E-state index >= 15 is 0 Å². The Balaban J connectivity index is 2.39. The molecule has 0 aliphatic rings. The highest BCUT2D eigenvalue weighted by Gasteiger charge is 2.16. The fourth-order valence-corrected chi connectivity index (χ4v) is 2.79. The summed E-state index contributed by atoms with van der Waals surface area (Å²) in [6, 6.07) is 4.65. The molecule has 0 spiro atoms. The van der Waals surface area contributed by atoms with Gasteiger partial charge in [-0.05, 0) is 44.0 Å². The van der Waals surface area contributed by atoms with Gasteiger partial charge >= 0.3 is 0 Å². The quantitative estimate of drug-likeness (QED) is 0.940. The average molecular weight is 308 g/mol. The van der Waals surface area contributed by atoms with Gasteiger partial charge in [-0.15, -0.1) is 0 Å². The van der Waals surface area contributed by atoms with Crippen LogP contribution in [0.5, 0.6) is 0 Å². The zero-order valence-electron chi connectivity index (χ0n) is 12.5. The first-order valence-electron chi connectivity index (χ1n) is 6.91. The Morgan fingerprint density at radius 3 is 2.38 bits per heavy atom. The summed E-state index contributed by atoms with van der Waals surface area (Å²) in [7, 11) is 0. The van der Waals surface area contributed by atoms with Crippen molar-refractivity contribution in [3.63, 3.8) is 0 Å². The maximum Gasteiger partial charge on any atom is 0.133 e. The summed E-state index contributed by atoms with van der Waals surface area (Å²) in [5, 5.41) is 0.397. The Hall–Kier alpha value is -1.52. The molecule has 21 heavy (non-hydrogen) atoms. The molecule has 1 aromatic carbocycles. The molecule has 0 saturated heterocycles. The lowest BCUT2D eigenvalue weighted by atomic mass is 9.98. The standard InChI is InChI=1S/C16H19ClFN3/c1-9(8-19)16-10(2)20-15(21-11(16)3)7-12-13(17)5-4-6-14(12)18/h4-6,9H,7-8,19H2,1-3H3. The maximum absolute atomic E-state index is 13.8. The number of hydrogen-bond donors (Lipinski definition) is 1. The summed E-state index contributed by atoms with van der Waals surface area (Å²) in [5.74, 6) is 0.446. The van der Waals surface area contributed by atoms with E-state index in [1.54, 1.807) is 12.1 Å². The van der Waals surface area contributed by atoms with Gasteiger partial charge in [0.15, 0.2) is 0 Å². The van der Waals surface area contributed by atoms with Gasteiger partial charge in [-0.25, -0.2) is 14.4 Å². The number of nitrogens with two attached hydrogens (primary N) is 1. The minimum atomic E-state index is -0.333. The van der Waals surface area contributed by atoms with Crippen molar-refractivity contribution in [2.24, 2.45) is 5.73 Å². The lowest BCUT2D eigenvalue weighted by Crippen LogP contribution is -2.15. The van der Waals surface area contributed by atoms with Gasteiger partial charge in [-0.2, -0.15) is 0 Å². The second-order valence-electron chi connectivity index (χ2n) is 5.24. The van der Waals surface area contributed by atoms with Crippen molar-refractivity contribution in [2.45, 2.75) is 33.1 Å². The van der Waals surface area contributed by atoms with Crippen LogP contribution in [0.2, 0.25) is 5.02 Å². The van der Waals surface area contributed by atoms with E-state index in [-0.39, 0.29) is 18.2 Å². The second-order valence-corrected chi connectivity index (χ2v) is 5.65. The van der Waals surface area contributed by atoms with E-state index < -0.39 is 0 Å². The van der Waals surface area contributed by atoms with Crippen LogP contribution in [0, 0.1) is 19.7 Å². The lowest BCUT2D eigenvalue weighted by Gasteiger charge is -2.16. The van der Waals surface area contributed by atoms with Crippen LogP contribution in [0.4, 0.5) is 4.39 Å². The van der Waals surface area contributed by atoms with Crippen molar-refractivity contribution < 1.29 is 4.39 Å². The summed E-state index contributed by atoms with van der Waals surface area (Å²) in [6.45, 7) is 6.46. The van der Waals surface area contributed by atoms with Crippen LogP contribution < -0.4 is 5.73 Å². The molecule has 0 aliphatic carbocycles. The molecule has 1 unspecified atom stereocenters. The van der Waals surface area contributed by atoms with Crippen molar-refractivity contribution >= 4 is 11.6 Å². The number of nitrogens with zero attached hydrogens (tertiary/aromatic N) is 2. The zero-order chi connectivity index (χ0) is 15.6. The van der Waals surface area contributed by atoms with E-state index in [1.807, 2.05) is 20.8 Å². The SMILES string of the molecule is Cc1nc(Cc2c(F)cccc2Cl)nc(C)c1C(C)CN. The van der Waals surface area contributed by atoms with Crippen LogP contribution >= 0.6 is 11.6 Å². The highest BCUT2D eigenvalue weighted by Crippen LogP contribution is 2.24. The number of benzene rings is 1. The van der Waals surface area contributed by atoms with Crippen molar-refractivity contribution in [3.8, 4) is 0 Å². The molecule has 1 atom stereocenters. The molecule has 0 saturated carbocycles. The van der Waals surface area contributed by atoms with Gasteiger partial charge in [0.1, 0.15) is 11.6 Å². The topological polar surface area (TPSA) is 51.8 Å². The van der Waals surface area contributed by atoms with Gasteiger partial charge in [0, 0.05) is 28.4 Å². The summed E-state index contributed by atoms with van der Waals surface area (Å²) in [5.41, 5.74) is 9.00. The van der Waals surface area contributed by atoms with Crippen molar-refractivity contribution in [3.05, 3.63) is 57.4 Å². The smallest absolute Gasteiger partial charge is 0.133 e. The van der Waals surface area contributed by atoms with E-state index in [1.165, 1.54) is 6.07 Å². The van der Waals surface area contributed by atoms with Gasteiger partial charge in [0.2, 0.25) is 0 Å². The first-order valence-corrected chi connectivity index (χ1v) is 7.28. The lowest BCUT2D eigenvalue weighted by molar-refractivity contribution is 0.611. The first-order chi connectivity index (χ1) is 9.93. The number of rotatable bonds is 4. The number of hydrogen-bond acceptors (Lipinski definition) is 3. The molecule has 0 amide bonds. The third-order valence-electron chi connectivity index (χ3n) is 3.62. The van der Waals surface area contributed by atoms with Crippen LogP contribution in [0.3, 0.4) is 0 Å². The van der Waals surface area contributed by atoms with E-state index in [9.17, 15) is 4.39 Å². The molecule has 2 aromatic rings. The van der Waals surface area contributed by atoms with Crippen LogP contribution in [0.1, 0.15) is 41.2 Å². The van der Waals surface area contributed by atoms with Gasteiger partial charge in [0.05, 0.1) is 0 Å². The van der Waals surface area contributed by atoms with Gasteiger partial charge in [0.25, 0.3) is 0 Å². The highest BCUT2D eigenvalue weighted by atomic mass is 35.5. The minimum absolute atomic E-state index is 0.205. The Morgan fingerprint density at radius 1 is 1.24 bits per heavy atom. The normalized spacial score (nSPS) is 12.5. The van der Waals surface area contributed by atoms with Crippen LogP contribution in [0.15, 0.2) is 18.2 Å². The predicted molar refractivity (Wildman–Crippen MR) is 83.2 cm³/mol. The van der Waals surface area contributed by atoms with E-state index in [4.69, 9.17) is 17.3 Å².